The third-order valence-electron chi connectivity index (χ3n) is 3.84. The summed E-state index contributed by atoms with van der Waals surface area (Å²) in [7, 11) is 0. The molecule has 0 aromatic carbocycles. The van der Waals surface area contributed by atoms with Gasteiger partial charge in [0.25, 0.3) is 0 Å². The maximum Gasteiger partial charge on any atom is 0.228 e. The number of rotatable bonds is 4. The molecule has 1 atom stereocenters. The van der Waals surface area contributed by atoms with Crippen LogP contribution in [0, 0.1) is 12.8 Å². The van der Waals surface area contributed by atoms with Crippen molar-refractivity contribution < 1.29 is 4.79 Å². The molecule has 18 heavy (non-hydrogen) atoms. The molecule has 0 bridgehead atoms. The van der Waals surface area contributed by atoms with E-state index in [1.807, 2.05) is 31.5 Å². The van der Waals surface area contributed by atoms with Gasteiger partial charge in [0, 0.05) is 12.0 Å². The van der Waals surface area contributed by atoms with Gasteiger partial charge in [0.05, 0.1) is 11.7 Å². The molecule has 1 aliphatic rings. The second-order valence-electron chi connectivity index (χ2n) is 5.35. The van der Waals surface area contributed by atoms with Crippen molar-refractivity contribution in [1.29, 1.82) is 0 Å². The highest BCUT2D eigenvalue weighted by Gasteiger charge is 2.22. The fraction of sp³-hybridized carbons (Fsp3) is 0.714. The van der Waals surface area contributed by atoms with Gasteiger partial charge in [-0.3, -0.25) is 4.79 Å². The standard InChI is InChI=1S/C14H23N3O/c1-4-10(2)14(18)15-13-9-11(3)16-17(13)12-7-5-6-8-12/h9-10,12H,4-8H2,1-3H3,(H,15,18)/t10-/m0/s1. The Kier molecular flexibility index (Phi) is 4.04. The number of carbonyl (C=O) groups is 1. The second kappa shape index (κ2) is 5.55. The van der Waals surface area contributed by atoms with Crippen LogP contribution in [-0.4, -0.2) is 15.7 Å². The molecule has 1 amide bonds. The lowest BCUT2D eigenvalue weighted by molar-refractivity contribution is -0.119. The van der Waals surface area contributed by atoms with E-state index in [0.717, 1.165) is 17.9 Å². The summed E-state index contributed by atoms with van der Waals surface area (Å²) in [4.78, 5) is 12.0. The van der Waals surface area contributed by atoms with Gasteiger partial charge in [-0.15, -0.1) is 0 Å². The Labute approximate surface area is 109 Å². The van der Waals surface area contributed by atoms with Gasteiger partial charge in [0.2, 0.25) is 5.91 Å². The lowest BCUT2D eigenvalue weighted by atomic mass is 10.1. The van der Waals surface area contributed by atoms with Crippen molar-refractivity contribution in [3.8, 4) is 0 Å². The van der Waals surface area contributed by atoms with Crippen LogP contribution in [0.1, 0.15) is 57.7 Å². The van der Waals surface area contributed by atoms with E-state index in [1.54, 1.807) is 0 Å². The summed E-state index contributed by atoms with van der Waals surface area (Å²) < 4.78 is 2.02. The number of carbonyl (C=O) groups excluding carboxylic acids is 1. The van der Waals surface area contributed by atoms with Crippen molar-refractivity contribution in [2.24, 2.45) is 5.92 Å². The fourth-order valence-corrected chi connectivity index (χ4v) is 2.47. The number of hydrogen-bond donors (Lipinski definition) is 1. The lowest BCUT2D eigenvalue weighted by Crippen LogP contribution is -2.22. The van der Waals surface area contributed by atoms with E-state index >= 15 is 0 Å². The van der Waals surface area contributed by atoms with Crippen LogP contribution in [0.25, 0.3) is 0 Å². The molecular weight excluding hydrogens is 226 g/mol. The molecule has 100 valence electrons. The summed E-state index contributed by atoms with van der Waals surface area (Å²) in [5.41, 5.74) is 0.973. The van der Waals surface area contributed by atoms with Gasteiger partial charge in [-0.1, -0.05) is 26.7 Å². The Hall–Kier alpha value is -1.32. The van der Waals surface area contributed by atoms with Crippen molar-refractivity contribution in [1.82, 2.24) is 9.78 Å². The average molecular weight is 249 g/mol. The number of aromatic nitrogens is 2. The summed E-state index contributed by atoms with van der Waals surface area (Å²) in [6.07, 6.45) is 5.74. The van der Waals surface area contributed by atoms with Crippen molar-refractivity contribution in [3.05, 3.63) is 11.8 Å². The summed E-state index contributed by atoms with van der Waals surface area (Å²) in [5.74, 6) is 1.01. The zero-order valence-corrected chi connectivity index (χ0v) is 11.6. The number of nitrogens with zero attached hydrogens (tertiary/aromatic N) is 2. The van der Waals surface area contributed by atoms with Gasteiger partial charge in [0.15, 0.2) is 0 Å². The Morgan fingerprint density at radius 2 is 2.22 bits per heavy atom. The molecule has 0 radical (unpaired) electrons. The molecule has 1 saturated carbocycles. The molecular formula is C14H23N3O. The predicted octanol–water partition coefficient (Wildman–Crippen LogP) is 3.29. The molecule has 0 spiro atoms. The second-order valence-corrected chi connectivity index (χ2v) is 5.35. The lowest BCUT2D eigenvalue weighted by Gasteiger charge is -2.16. The number of amides is 1. The van der Waals surface area contributed by atoms with E-state index in [9.17, 15) is 4.79 Å². The molecule has 1 fully saturated rings. The van der Waals surface area contributed by atoms with E-state index < -0.39 is 0 Å². The minimum atomic E-state index is 0.0530. The highest BCUT2D eigenvalue weighted by atomic mass is 16.2. The molecule has 4 heteroatoms. The third-order valence-corrected chi connectivity index (χ3v) is 3.84. The van der Waals surface area contributed by atoms with Gasteiger partial charge >= 0.3 is 0 Å². The molecule has 2 rings (SSSR count). The predicted molar refractivity (Wildman–Crippen MR) is 72.6 cm³/mol. The first-order chi connectivity index (χ1) is 8.61. The quantitative estimate of drug-likeness (QED) is 0.890. The zero-order chi connectivity index (χ0) is 13.1. The van der Waals surface area contributed by atoms with Crippen LogP contribution in [0.15, 0.2) is 6.07 Å². The number of anilines is 1. The number of nitrogens with one attached hydrogen (secondary N) is 1. The Balaban J connectivity index is 2.14. The van der Waals surface area contributed by atoms with Crippen molar-refractivity contribution in [2.75, 3.05) is 5.32 Å². The van der Waals surface area contributed by atoms with Gasteiger partial charge in [-0.2, -0.15) is 5.10 Å². The molecule has 0 unspecified atom stereocenters. The third kappa shape index (κ3) is 2.74. The van der Waals surface area contributed by atoms with E-state index in [4.69, 9.17) is 0 Å². The van der Waals surface area contributed by atoms with E-state index in [0.29, 0.717) is 6.04 Å². The Morgan fingerprint density at radius 3 is 2.83 bits per heavy atom. The Bertz CT molecular complexity index is 419. The summed E-state index contributed by atoms with van der Waals surface area (Å²) in [5, 5.41) is 7.55. The van der Waals surface area contributed by atoms with Crippen molar-refractivity contribution in [2.45, 2.75) is 58.9 Å². The molecule has 1 heterocycles. The van der Waals surface area contributed by atoms with E-state index in [-0.39, 0.29) is 11.8 Å². The highest BCUT2D eigenvalue weighted by molar-refractivity contribution is 5.91. The smallest absolute Gasteiger partial charge is 0.228 e. The van der Waals surface area contributed by atoms with Crippen LogP contribution in [0.3, 0.4) is 0 Å². The van der Waals surface area contributed by atoms with E-state index in [1.165, 1.54) is 25.7 Å². The summed E-state index contributed by atoms with van der Waals surface area (Å²) in [6, 6.07) is 2.43. The zero-order valence-electron chi connectivity index (χ0n) is 11.6. The van der Waals surface area contributed by atoms with Crippen LogP contribution in [-0.2, 0) is 4.79 Å². The maximum absolute atomic E-state index is 12.0. The largest absolute Gasteiger partial charge is 0.311 e. The van der Waals surface area contributed by atoms with Crippen LogP contribution in [0.4, 0.5) is 5.82 Å². The molecule has 1 N–H and O–H groups in total. The molecule has 0 aliphatic heterocycles. The Morgan fingerprint density at radius 1 is 1.56 bits per heavy atom. The van der Waals surface area contributed by atoms with E-state index in [2.05, 4.69) is 10.4 Å². The van der Waals surface area contributed by atoms with Crippen LogP contribution in [0.5, 0.6) is 0 Å². The SMILES string of the molecule is CC[C@H](C)C(=O)Nc1cc(C)nn1C1CCCC1. The first-order valence-corrected chi connectivity index (χ1v) is 6.98. The van der Waals surface area contributed by atoms with Crippen LogP contribution >= 0.6 is 0 Å². The van der Waals surface area contributed by atoms with Crippen LogP contribution < -0.4 is 5.32 Å². The summed E-state index contributed by atoms with van der Waals surface area (Å²) in [6.45, 7) is 5.96. The minimum absolute atomic E-state index is 0.0530. The monoisotopic (exact) mass is 249 g/mol. The number of hydrogen-bond acceptors (Lipinski definition) is 2. The summed E-state index contributed by atoms with van der Waals surface area (Å²) >= 11 is 0. The topological polar surface area (TPSA) is 46.9 Å². The van der Waals surface area contributed by atoms with Gasteiger partial charge in [-0.25, -0.2) is 4.68 Å². The first-order valence-electron chi connectivity index (χ1n) is 6.98. The van der Waals surface area contributed by atoms with Crippen molar-refractivity contribution >= 4 is 11.7 Å². The molecule has 0 saturated heterocycles. The maximum atomic E-state index is 12.0. The normalized spacial score (nSPS) is 17.9. The number of aryl methyl sites for hydroxylation is 1. The molecule has 1 aromatic heterocycles. The molecule has 1 aromatic rings. The van der Waals surface area contributed by atoms with Gasteiger partial charge in [-0.05, 0) is 26.2 Å². The minimum Gasteiger partial charge on any atom is -0.311 e. The highest BCUT2D eigenvalue weighted by Crippen LogP contribution is 2.31. The molecule has 4 nitrogen and oxygen atoms in total. The average Bonchev–Trinajstić information content (AvgIpc) is 2.97. The fourth-order valence-electron chi connectivity index (χ4n) is 2.47. The van der Waals surface area contributed by atoms with Crippen LogP contribution in [0.2, 0.25) is 0 Å². The van der Waals surface area contributed by atoms with Gasteiger partial charge in [0.1, 0.15) is 5.82 Å². The van der Waals surface area contributed by atoms with Crippen molar-refractivity contribution in [3.63, 3.8) is 0 Å². The first kappa shape index (κ1) is 13.1. The molecule has 1 aliphatic carbocycles. The van der Waals surface area contributed by atoms with Gasteiger partial charge < -0.3 is 5.32 Å².